The minimum absolute atomic E-state index is 0.139. The van der Waals surface area contributed by atoms with Gasteiger partial charge in [-0.15, -0.1) is 0 Å². The molecule has 0 radical (unpaired) electrons. The first kappa shape index (κ1) is 14.8. The molecule has 0 aromatic heterocycles. The molecule has 0 aliphatic carbocycles. The molecular formula is C15H14F2N2O2. The maximum absolute atomic E-state index is 13.2. The Bertz CT molecular complexity index is 675. The van der Waals surface area contributed by atoms with Crippen LogP contribution in [0.1, 0.15) is 17.3 Å². The van der Waals surface area contributed by atoms with Gasteiger partial charge in [0, 0.05) is 11.8 Å². The van der Waals surface area contributed by atoms with Gasteiger partial charge in [-0.05, 0) is 25.1 Å². The molecule has 0 aliphatic heterocycles. The topological polar surface area (TPSA) is 64.3 Å². The summed E-state index contributed by atoms with van der Waals surface area (Å²) >= 11 is 0. The molecule has 6 heteroatoms. The number of hydrogen-bond acceptors (Lipinski definition) is 3. The molecule has 0 atom stereocenters. The second kappa shape index (κ2) is 6.21. The molecule has 2 aromatic rings. The lowest BCUT2D eigenvalue weighted by molar-refractivity contribution is 0.102. The van der Waals surface area contributed by atoms with Crippen LogP contribution in [-0.4, -0.2) is 12.5 Å². The number of nitrogens with two attached hydrogens (primary N) is 1. The van der Waals surface area contributed by atoms with Crippen LogP contribution in [0.15, 0.2) is 36.4 Å². The number of nitrogens with one attached hydrogen (secondary N) is 1. The van der Waals surface area contributed by atoms with E-state index in [-0.39, 0.29) is 11.3 Å². The van der Waals surface area contributed by atoms with Gasteiger partial charge in [-0.25, -0.2) is 8.78 Å². The van der Waals surface area contributed by atoms with E-state index in [9.17, 15) is 13.6 Å². The molecule has 0 bridgehead atoms. The van der Waals surface area contributed by atoms with E-state index >= 15 is 0 Å². The standard InChI is InChI=1S/C15H14F2N2O2/c1-2-21-14-6-4-3-5-13(14)19-15(20)9-7-10(16)11(17)8-12(9)18/h3-8H,2,18H2,1H3,(H,19,20). The summed E-state index contributed by atoms with van der Waals surface area (Å²) in [6, 6.07) is 8.34. The highest BCUT2D eigenvalue weighted by atomic mass is 19.2. The number of carbonyl (C=O) groups is 1. The number of carbonyl (C=O) groups excluding carboxylic acids is 1. The minimum Gasteiger partial charge on any atom is -0.492 e. The number of benzene rings is 2. The number of ether oxygens (including phenoxy) is 1. The van der Waals surface area contributed by atoms with Crippen LogP contribution in [0, 0.1) is 11.6 Å². The van der Waals surface area contributed by atoms with Gasteiger partial charge in [-0.2, -0.15) is 0 Å². The summed E-state index contributed by atoms with van der Waals surface area (Å²) in [5.41, 5.74) is 5.69. The Morgan fingerprint density at radius 1 is 1.24 bits per heavy atom. The van der Waals surface area contributed by atoms with E-state index < -0.39 is 17.5 Å². The third kappa shape index (κ3) is 3.28. The van der Waals surface area contributed by atoms with Crippen molar-refractivity contribution in [1.82, 2.24) is 0 Å². The molecule has 0 saturated heterocycles. The largest absolute Gasteiger partial charge is 0.492 e. The number of para-hydroxylation sites is 2. The zero-order valence-electron chi connectivity index (χ0n) is 11.3. The van der Waals surface area contributed by atoms with Crippen molar-refractivity contribution in [2.45, 2.75) is 6.92 Å². The zero-order valence-corrected chi connectivity index (χ0v) is 11.3. The number of amides is 1. The van der Waals surface area contributed by atoms with Crippen LogP contribution in [0.25, 0.3) is 0 Å². The van der Waals surface area contributed by atoms with E-state index in [1.807, 2.05) is 6.92 Å². The van der Waals surface area contributed by atoms with E-state index in [2.05, 4.69) is 5.32 Å². The maximum atomic E-state index is 13.2. The summed E-state index contributed by atoms with van der Waals surface area (Å²) in [5.74, 6) is -2.39. The third-order valence-corrected chi connectivity index (χ3v) is 2.77. The summed E-state index contributed by atoms with van der Waals surface area (Å²) in [7, 11) is 0. The smallest absolute Gasteiger partial charge is 0.257 e. The fraction of sp³-hybridized carbons (Fsp3) is 0.133. The summed E-state index contributed by atoms with van der Waals surface area (Å²) in [4.78, 5) is 12.1. The zero-order chi connectivity index (χ0) is 15.4. The van der Waals surface area contributed by atoms with Gasteiger partial charge in [0.25, 0.3) is 5.91 Å². The van der Waals surface area contributed by atoms with Crippen LogP contribution in [-0.2, 0) is 0 Å². The first-order valence-corrected chi connectivity index (χ1v) is 6.30. The van der Waals surface area contributed by atoms with Crippen molar-refractivity contribution >= 4 is 17.3 Å². The predicted molar refractivity (Wildman–Crippen MR) is 76.3 cm³/mol. The summed E-state index contributed by atoms with van der Waals surface area (Å²) in [5, 5.41) is 2.57. The number of rotatable bonds is 4. The average Bonchev–Trinajstić information content (AvgIpc) is 2.45. The monoisotopic (exact) mass is 292 g/mol. The second-order valence-electron chi connectivity index (χ2n) is 4.24. The van der Waals surface area contributed by atoms with Gasteiger partial charge < -0.3 is 15.8 Å². The summed E-state index contributed by atoms with van der Waals surface area (Å²) < 4.78 is 31.6. The van der Waals surface area contributed by atoms with Gasteiger partial charge in [-0.1, -0.05) is 12.1 Å². The van der Waals surface area contributed by atoms with Crippen molar-refractivity contribution in [2.75, 3.05) is 17.7 Å². The van der Waals surface area contributed by atoms with E-state index in [1.165, 1.54) is 0 Å². The number of anilines is 2. The molecule has 0 saturated carbocycles. The fourth-order valence-corrected chi connectivity index (χ4v) is 1.80. The Morgan fingerprint density at radius 3 is 2.62 bits per heavy atom. The van der Waals surface area contributed by atoms with Gasteiger partial charge in [0.2, 0.25) is 0 Å². The van der Waals surface area contributed by atoms with Gasteiger partial charge in [0.1, 0.15) is 5.75 Å². The lowest BCUT2D eigenvalue weighted by Gasteiger charge is -2.12. The highest BCUT2D eigenvalue weighted by molar-refractivity contribution is 6.08. The predicted octanol–water partition coefficient (Wildman–Crippen LogP) is 3.20. The van der Waals surface area contributed by atoms with Crippen molar-refractivity contribution in [3.05, 3.63) is 53.6 Å². The van der Waals surface area contributed by atoms with Crippen molar-refractivity contribution in [3.63, 3.8) is 0 Å². The lowest BCUT2D eigenvalue weighted by atomic mass is 10.1. The molecular weight excluding hydrogens is 278 g/mol. The molecule has 0 spiro atoms. The lowest BCUT2D eigenvalue weighted by Crippen LogP contribution is -2.15. The van der Waals surface area contributed by atoms with Gasteiger partial charge in [0.15, 0.2) is 11.6 Å². The summed E-state index contributed by atoms with van der Waals surface area (Å²) in [6.45, 7) is 2.24. The molecule has 0 unspecified atom stereocenters. The Morgan fingerprint density at radius 2 is 1.90 bits per heavy atom. The number of halogens is 2. The molecule has 21 heavy (non-hydrogen) atoms. The number of nitrogen functional groups attached to an aromatic ring is 1. The maximum Gasteiger partial charge on any atom is 0.257 e. The molecule has 2 aromatic carbocycles. The average molecular weight is 292 g/mol. The minimum atomic E-state index is -1.13. The molecule has 0 fully saturated rings. The van der Waals surface area contributed by atoms with Gasteiger partial charge >= 0.3 is 0 Å². The van der Waals surface area contributed by atoms with Crippen LogP contribution in [0.3, 0.4) is 0 Å². The van der Waals surface area contributed by atoms with E-state index in [0.29, 0.717) is 18.0 Å². The Labute approximate surface area is 120 Å². The third-order valence-electron chi connectivity index (χ3n) is 2.77. The molecule has 1 amide bonds. The fourth-order valence-electron chi connectivity index (χ4n) is 1.80. The molecule has 4 nitrogen and oxygen atoms in total. The van der Waals surface area contributed by atoms with E-state index in [0.717, 1.165) is 12.1 Å². The van der Waals surface area contributed by atoms with Crippen LogP contribution >= 0.6 is 0 Å². The Balaban J connectivity index is 2.28. The summed E-state index contributed by atoms with van der Waals surface area (Å²) in [6.07, 6.45) is 0. The van der Waals surface area contributed by atoms with Crippen LogP contribution in [0.2, 0.25) is 0 Å². The van der Waals surface area contributed by atoms with Gasteiger partial charge in [-0.3, -0.25) is 4.79 Å². The highest BCUT2D eigenvalue weighted by Gasteiger charge is 2.15. The van der Waals surface area contributed by atoms with Crippen LogP contribution in [0.4, 0.5) is 20.2 Å². The molecule has 0 aliphatic rings. The molecule has 2 rings (SSSR count). The molecule has 110 valence electrons. The van der Waals surface area contributed by atoms with Crippen molar-refractivity contribution in [3.8, 4) is 5.75 Å². The van der Waals surface area contributed by atoms with E-state index in [1.54, 1.807) is 24.3 Å². The SMILES string of the molecule is CCOc1ccccc1NC(=O)c1cc(F)c(F)cc1N. The van der Waals surface area contributed by atoms with Crippen LogP contribution < -0.4 is 15.8 Å². The quantitative estimate of drug-likeness (QED) is 0.851. The highest BCUT2D eigenvalue weighted by Crippen LogP contribution is 2.25. The normalized spacial score (nSPS) is 10.2. The van der Waals surface area contributed by atoms with Gasteiger partial charge in [0.05, 0.1) is 17.9 Å². The van der Waals surface area contributed by atoms with Crippen LogP contribution in [0.5, 0.6) is 5.75 Å². The van der Waals surface area contributed by atoms with Crippen molar-refractivity contribution in [1.29, 1.82) is 0 Å². The first-order chi connectivity index (χ1) is 10.0. The number of hydrogen-bond donors (Lipinski definition) is 2. The van der Waals surface area contributed by atoms with E-state index in [4.69, 9.17) is 10.5 Å². The van der Waals surface area contributed by atoms with Crippen molar-refractivity contribution in [2.24, 2.45) is 0 Å². The second-order valence-corrected chi connectivity index (χ2v) is 4.24. The molecule has 3 N–H and O–H groups in total. The Hall–Kier alpha value is -2.63. The molecule has 0 heterocycles. The Kier molecular flexibility index (Phi) is 4.37. The first-order valence-electron chi connectivity index (χ1n) is 6.30. The van der Waals surface area contributed by atoms with Crippen molar-refractivity contribution < 1.29 is 18.3 Å².